The third kappa shape index (κ3) is 3.16. The van der Waals surface area contributed by atoms with Gasteiger partial charge in [-0.15, -0.1) is 0 Å². The van der Waals surface area contributed by atoms with E-state index >= 15 is 0 Å². The summed E-state index contributed by atoms with van der Waals surface area (Å²) >= 11 is 0. The molecule has 0 spiro atoms. The number of ketones is 1. The Labute approximate surface area is 134 Å². The molecule has 0 N–H and O–H groups in total. The first-order valence-electron chi connectivity index (χ1n) is 7.31. The van der Waals surface area contributed by atoms with Gasteiger partial charge in [0.05, 0.1) is 12.0 Å². The molecule has 116 valence electrons. The molecule has 0 bridgehead atoms. The molecule has 0 amide bonds. The molecule has 1 unspecified atom stereocenters. The van der Waals surface area contributed by atoms with Gasteiger partial charge in [0.1, 0.15) is 17.6 Å². The van der Waals surface area contributed by atoms with Crippen molar-refractivity contribution in [2.75, 3.05) is 0 Å². The highest BCUT2D eigenvalue weighted by atomic mass is 16.5. The molecule has 1 atom stereocenters. The van der Waals surface area contributed by atoms with Gasteiger partial charge in [-0.2, -0.15) is 0 Å². The second-order valence-corrected chi connectivity index (χ2v) is 5.47. The molecule has 2 aromatic rings. The first-order chi connectivity index (χ1) is 11.0. The van der Waals surface area contributed by atoms with Crippen LogP contribution < -0.4 is 9.47 Å². The van der Waals surface area contributed by atoms with Gasteiger partial charge in [0.25, 0.3) is 0 Å². The van der Waals surface area contributed by atoms with Crippen LogP contribution in [0.4, 0.5) is 0 Å². The molecule has 1 aliphatic heterocycles. The lowest BCUT2D eigenvalue weighted by Crippen LogP contribution is -2.20. The molecule has 1 heterocycles. The van der Waals surface area contributed by atoms with Gasteiger partial charge in [-0.05, 0) is 24.6 Å². The largest absolute Gasteiger partial charge is 0.484 e. The van der Waals surface area contributed by atoms with Crippen molar-refractivity contribution >= 4 is 11.8 Å². The average molecular weight is 308 g/mol. The van der Waals surface area contributed by atoms with Crippen LogP contribution in [0.25, 0.3) is 0 Å². The highest BCUT2D eigenvalue weighted by Gasteiger charge is 2.28. The Morgan fingerprint density at radius 3 is 2.65 bits per heavy atom. The Hall–Kier alpha value is -2.88. The van der Waals surface area contributed by atoms with Crippen LogP contribution in [0.15, 0.2) is 60.7 Å². The zero-order chi connectivity index (χ0) is 16.4. The van der Waals surface area contributed by atoms with E-state index in [9.17, 15) is 9.59 Å². The second kappa shape index (κ2) is 6.08. The highest BCUT2D eigenvalue weighted by Crippen LogP contribution is 2.37. The first kappa shape index (κ1) is 15.0. The minimum Gasteiger partial charge on any atom is -0.484 e. The Balaban J connectivity index is 1.88. The molecule has 0 aliphatic carbocycles. The molecule has 0 aromatic heterocycles. The van der Waals surface area contributed by atoms with Crippen molar-refractivity contribution in [1.82, 2.24) is 0 Å². The summed E-state index contributed by atoms with van der Waals surface area (Å²) in [5.74, 6) is 0.268. The van der Waals surface area contributed by atoms with Crippen LogP contribution in [0.3, 0.4) is 0 Å². The summed E-state index contributed by atoms with van der Waals surface area (Å²) in [6, 6.07) is 14.4. The molecule has 3 rings (SSSR count). The molecule has 0 fully saturated rings. The molecule has 0 saturated heterocycles. The maximum atomic E-state index is 12.3. The number of ether oxygens (including phenoxy) is 2. The van der Waals surface area contributed by atoms with Gasteiger partial charge in [-0.25, -0.2) is 4.79 Å². The van der Waals surface area contributed by atoms with E-state index in [1.54, 1.807) is 25.1 Å². The standard InChI is InChI=1S/C19H16O4/c1-12(2)19(21)22-14-8-9-15-16(20)11-17(23-18(15)10-14)13-6-4-3-5-7-13/h3-10,17H,1,11H2,2H3. The van der Waals surface area contributed by atoms with Crippen LogP contribution in [0, 0.1) is 0 Å². The van der Waals surface area contributed by atoms with Gasteiger partial charge >= 0.3 is 5.97 Å². The number of esters is 1. The maximum absolute atomic E-state index is 12.3. The summed E-state index contributed by atoms with van der Waals surface area (Å²) in [5.41, 5.74) is 1.75. The van der Waals surface area contributed by atoms with Crippen LogP contribution >= 0.6 is 0 Å². The normalized spacial score (nSPS) is 16.2. The predicted molar refractivity (Wildman–Crippen MR) is 85.6 cm³/mol. The van der Waals surface area contributed by atoms with E-state index in [0.29, 0.717) is 29.1 Å². The van der Waals surface area contributed by atoms with Crippen LogP contribution in [-0.2, 0) is 4.79 Å². The second-order valence-electron chi connectivity index (χ2n) is 5.47. The zero-order valence-corrected chi connectivity index (χ0v) is 12.7. The van der Waals surface area contributed by atoms with Crippen LogP contribution in [0.1, 0.15) is 35.4 Å². The van der Waals surface area contributed by atoms with Gasteiger partial charge in [0, 0.05) is 11.6 Å². The first-order valence-corrected chi connectivity index (χ1v) is 7.31. The van der Waals surface area contributed by atoms with Crippen molar-refractivity contribution in [2.45, 2.75) is 19.4 Å². The Morgan fingerprint density at radius 2 is 1.96 bits per heavy atom. The minimum atomic E-state index is -0.508. The summed E-state index contributed by atoms with van der Waals surface area (Å²) in [5, 5.41) is 0. The molecule has 4 heteroatoms. The molecule has 23 heavy (non-hydrogen) atoms. The smallest absolute Gasteiger partial charge is 0.338 e. The van der Waals surface area contributed by atoms with Crippen molar-refractivity contribution in [3.05, 3.63) is 71.8 Å². The quantitative estimate of drug-likeness (QED) is 0.490. The molecule has 4 nitrogen and oxygen atoms in total. The third-order valence-electron chi connectivity index (χ3n) is 3.62. The van der Waals surface area contributed by atoms with Crippen molar-refractivity contribution < 1.29 is 19.1 Å². The van der Waals surface area contributed by atoms with E-state index in [1.807, 2.05) is 30.3 Å². The minimum absolute atomic E-state index is 0.0119. The van der Waals surface area contributed by atoms with Crippen molar-refractivity contribution in [3.63, 3.8) is 0 Å². The van der Waals surface area contributed by atoms with E-state index in [0.717, 1.165) is 5.56 Å². The Bertz CT molecular complexity index is 777. The highest BCUT2D eigenvalue weighted by molar-refractivity contribution is 6.00. The topological polar surface area (TPSA) is 52.6 Å². The third-order valence-corrected chi connectivity index (χ3v) is 3.62. The van der Waals surface area contributed by atoms with Gasteiger partial charge < -0.3 is 9.47 Å². The fraction of sp³-hybridized carbons (Fsp3) is 0.158. The molecule has 2 aromatic carbocycles. The summed E-state index contributed by atoms with van der Waals surface area (Å²) in [7, 11) is 0. The van der Waals surface area contributed by atoms with Gasteiger partial charge in [0.2, 0.25) is 0 Å². The predicted octanol–water partition coefficient (Wildman–Crippen LogP) is 3.87. The van der Waals surface area contributed by atoms with E-state index < -0.39 is 5.97 Å². The number of carbonyl (C=O) groups is 2. The SMILES string of the molecule is C=C(C)C(=O)Oc1ccc2c(c1)OC(c1ccccc1)CC2=O. The van der Waals surface area contributed by atoms with Gasteiger partial charge in [0.15, 0.2) is 5.78 Å². The number of carbonyl (C=O) groups excluding carboxylic acids is 2. The van der Waals surface area contributed by atoms with Crippen LogP contribution in [0.2, 0.25) is 0 Å². The summed E-state index contributed by atoms with van der Waals surface area (Å²) in [6.07, 6.45) is -0.0367. The van der Waals surface area contributed by atoms with Crippen LogP contribution in [-0.4, -0.2) is 11.8 Å². The van der Waals surface area contributed by atoms with Gasteiger partial charge in [-0.3, -0.25) is 4.79 Å². The number of Topliss-reactive ketones (excluding diaryl/α,β-unsaturated/α-hetero) is 1. The Kier molecular flexibility index (Phi) is 3.98. The lowest BCUT2D eigenvalue weighted by molar-refractivity contribution is -0.130. The summed E-state index contributed by atoms with van der Waals surface area (Å²) < 4.78 is 11.1. The molecular formula is C19H16O4. The number of hydrogen-bond donors (Lipinski definition) is 0. The van der Waals surface area contributed by atoms with E-state index in [2.05, 4.69) is 6.58 Å². The number of rotatable bonds is 3. The monoisotopic (exact) mass is 308 g/mol. The lowest BCUT2D eigenvalue weighted by atomic mass is 9.96. The number of fused-ring (bicyclic) bond motifs is 1. The molecule has 1 aliphatic rings. The van der Waals surface area contributed by atoms with E-state index in [4.69, 9.17) is 9.47 Å². The van der Waals surface area contributed by atoms with E-state index in [-0.39, 0.29) is 11.9 Å². The van der Waals surface area contributed by atoms with Crippen molar-refractivity contribution in [3.8, 4) is 11.5 Å². The number of hydrogen-bond acceptors (Lipinski definition) is 4. The van der Waals surface area contributed by atoms with E-state index in [1.165, 1.54) is 0 Å². The number of benzene rings is 2. The van der Waals surface area contributed by atoms with Crippen molar-refractivity contribution in [1.29, 1.82) is 0 Å². The lowest BCUT2D eigenvalue weighted by Gasteiger charge is -2.25. The Morgan fingerprint density at radius 1 is 1.22 bits per heavy atom. The van der Waals surface area contributed by atoms with Gasteiger partial charge in [-0.1, -0.05) is 36.9 Å². The molecule has 0 radical (unpaired) electrons. The van der Waals surface area contributed by atoms with Crippen molar-refractivity contribution in [2.24, 2.45) is 0 Å². The zero-order valence-electron chi connectivity index (χ0n) is 12.7. The molecule has 0 saturated carbocycles. The van der Waals surface area contributed by atoms with Crippen LogP contribution in [0.5, 0.6) is 11.5 Å². The summed E-state index contributed by atoms with van der Waals surface area (Å²) in [4.78, 5) is 23.9. The average Bonchev–Trinajstić information content (AvgIpc) is 2.55. The molecular weight excluding hydrogens is 292 g/mol. The fourth-order valence-electron chi connectivity index (χ4n) is 2.42. The maximum Gasteiger partial charge on any atom is 0.338 e. The fourth-order valence-corrected chi connectivity index (χ4v) is 2.42. The summed E-state index contributed by atoms with van der Waals surface area (Å²) in [6.45, 7) is 5.12.